The number of nitrogens with one attached hydrogen (secondary N) is 1. The molecule has 0 heterocycles. The zero-order valence-electron chi connectivity index (χ0n) is 14.4. The number of aliphatic carboxylic acids is 1. The standard InChI is InChI=1S/C19H21NO3S2/c1-12-8-9-14(17(10-12)24-3)11-20-18(21)15-6-4-5-7-16(15)25-13(2)19(22)23/h4-10,13H,11H2,1-3H3,(H,20,21)(H,22,23). The number of thioether (sulfide) groups is 2. The molecule has 0 aliphatic carbocycles. The van der Waals surface area contributed by atoms with Gasteiger partial charge < -0.3 is 10.4 Å². The van der Waals surface area contributed by atoms with E-state index < -0.39 is 11.2 Å². The van der Waals surface area contributed by atoms with Gasteiger partial charge in [-0.25, -0.2) is 0 Å². The summed E-state index contributed by atoms with van der Waals surface area (Å²) in [6.45, 7) is 4.08. The van der Waals surface area contributed by atoms with Crippen LogP contribution in [0.3, 0.4) is 0 Å². The zero-order chi connectivity index (χ0) is 18.4. The van der Waals surface area contributed by atoms with Crippen LogP contribution < -0.4 is 5.32 Å². The highest BCUT2D eigenvalue weighted by molar-refractivity contribution is 8.00. The number of carboxylic acid groups (broad SMARTS) is 1. The summed E-state index contributed by atoms with van der Waals surface area (Å²) in [4.78, 5) is 25.5. The fourth-order valence-corrected chi connectivity index (χ4v) is 3.90. The van der Waals surface area contributed by atoms with Gasteiger partial charge in [0.2, 0.25) is 0 Å². The molecule has 4 nitrogen and oxygen atoms in total. The van der Waals surface area contributed by atoms with E-state index in [2.05, 4.69) is 11.4 Å². The Hall–Kier alpha value is -1.92. The Morgan fingerprint density at radius 1 is 1.16 bits per heavy atom. The molecular formula is C19H21NO3S2. The van der Waals surface area contributed by atoms with Gasteiger partial charge in [0, 0.05) is 16.3 Å². The number of amides is 1. The third-order valence-corrected chi connectivity index (χ3v) is 5.65. The van der Waals surface area contributed by atoms with Crippen LogP contribution in [0.15, 0.2) is 52.3 Å². The molecule has 2 aromatic carbocycles. The Bertz CT molecular complexity index is 777. The van der Waals surface area contributed by atoms with Gasteiger partial charge in [0.25, 0.3) is 5.91 Å². The van der Waals surface area contributed by atoms with E-state index in [4.69, 9.17) is 5.11 Å². The quantitative estimate of drug-likeness (QED) is 0.710. The van der Waals surface area contributed by atoms with E-state index in [0.717, 1.165) is 10.5 Å². The maximum atomic E-state index is 12.6. The fraction of sp³-hybridized carbons (Fsp3) is 0.263. The molecule has 132 valence electrons. The van der Waals surface area contributed by atoms with Crippen molar-refractivity contribution in [1.29, 1.82) is 0 Å². The first-order chi connectivity index (χ1) is 11.9. The second kappa shape index (κ2) is 8.97. The summed E-state index contributed by atoms with van der Waals surface area (Å²) >= 11 is 2.82. The first kappa shape index (κ1) is 19.4. The number of carbonyl (C=O) groups is 2. The lowest BCUT2D eigenvalue weighted by Crippen LogP contribution is -2.24. The summed E-state index contributed by atoms with van der Waals surface area (Å²) in [6.07, 6.45) is 2.01. The van der Waals surface area contributed by atoms with Crippen LogP contribution in [0, 0.1) is 6.92 Å². The first-order valence-electron chi connectivity index (χ1n) is 7.82. The third kappa shape index (κ3) is 5.28. The number of hydrogen-bond acceptors (Lipinski definition) is 4. The Balaban J connectivity index is 2.13. The zero-order valence-corrected chi connectivity index (χ0v) is 16.0. The molecule has 2 N–H and O–H groups in total. The Morgan fingerprint density at radius 3 is 2.56 bits per heavy atom. The van der Waals surface area contributed by atoms with Crippen molar-refractivity contribution in [3.63, 3.8) is 0 Å². The van der Waals surface area contributed by atoms with Gasteiger partial charge >= 0.3 is 5.97 Å². The largest absolute Gasteiger partial charge is 0.480 e. The molecule has 6 heteroatoms. The Kier molecular flexibility index (Phi) is 6.96. The average Bonchev–Trinajstić information content (AvgIpc) is 2.60. The highest BCUT2D eigenvalue weighted by Gasteiger charge is 2.17. The van der Waals surface area contributed by atoms with Crippen LogP contribution in [0.25, 0.3) is 0 Å². The molecule has 2 aromatic rings. The van der Waals surface area contributed by atoms with E-state index in [9.17, 15) is 9.59 Å². The SMILES string of the molecule is CSc1cc(C)ccc1CNC(=O)c1ccccc1SC(C)C(=O)O. The van der Waals surface area contributed by atoms with Gasteiger partial charge in [-0.05, 0) is 49.4 Å². The second-order valence-corrected chi connectivity index (χ2v) is 7.82. The van der Waals surface area contributed by atoms with Crippen molar-refractivity contribution in [2.45, 2.75) is 35.4 Å². The summed E-state index contributed by atoms with van der Waals surface area (Å²) in [5.74, 6) is -1.10. The Labute approximate surface area is 156 Å². The predicted octanol–water partition coefficient (Wildman–Crippen LogP) is 4.21. The van der Waals surface area contributed by atoms with Crippen molar-refractivity contribution in [2.75, 3.05) is 6.26 Å². The Morgan fingerprint density at radius 2 is 1.88 bits per heavy atom. The molecule has 0 aromatic heterocycles. The molecule has 0 spiro atoms. The number of aryl methyl sites for hydroxylation is 1. The lowest BCUT2D eigenvalue weighted by Gasteiger charge is -2.13. The number of hydrogen-bond donors (Lipinski definition) is 2. The maximum absolute atomic E-state index is 12.6. The van der Waals surface area contributed by atoms with Crippen molar-refractivity contribution in [1.82, 2.24) is 5.32 Å². The number of carboxylic acids is 1. The summed E-state index contributed by atoms with van der Waals surface area (Å²) in [5.41, 5.74) is 2.75. The molecular weight excluding hydrogens is 354 g/mol. The molecule has 0 aliphatic heterocycles. The van der Waals surface area contributed by atoms with Crippen LogP contribution in [0.5, 0.6) is 0 Å². The maximum Gasteiger partial charge on any atom is 0.316 e. The molecule has 0 aliphatic rings. The van der Waals surface area contributed by atoms with E-state index in [0.29, 0.717) is 17.0 Å². The van der Waals surface area contributed by atoms with Crippen LogP contribution in [0.1, 0.15) is 28.4 Å². The third-order valence-electron chi connectivity index (χ3n) is 3.67. The number of benzene rings is 2. The van der Waals surface area contributed by atoms with Crippen molar-refractivity contribution < 1.29 is 14.7 Å². The van der Waals surface area contributed by atoms with E-state index in [1.165, 1.54) is 17.3 Å². The van der Waals surface area contributed by atoms with Crippen LogP contribution in [0.4, 0.5) is 0 Å². The van der Waals surface area contributed by atoms with E-state index >= 15 is 0 Å². The smallest absolute Gasteiger partial charge is 0.316 e. The van der Waals surface area contributed by atoms with Crippen LogP contribution in [-0.4, -0.2) is 28.5 Å². The van der Waals surface area contributed by atoms with Crippen molar-refractivity contribution in [3.8, 4) is 0 Å². The molecule has 1 atom stereocenters. The van der Waals surface area contributed by atoms with E-state index in [-0.39, 0.29) is 5.91 Å². The lowest BCUT2D eigenvalue weighted by molar-refractivity contribution is -0.136. The normalized spacial score (nSPS) is 11.8. The summed E-state index contributed by atoms with van der Waals surface area (Å²) in [7, 11) is 0. The van der Waals surface area contributed by atoms with Gasteiger partial charge in [-0.2, -0.15) is 0 Å². The topological polar surface area (TPSA) is 66.4 Å². The van der Waals surface area contributed by atoms with Crippen LogP contribution >= 0.6 is 23.5 Å². The van der Waals surface area contributed by atoms with Gasteiger partial charge in [0.05, 0.1) is 5.56 Å². The molecule has 1 amide bonds. The van der Waals surface area contributed by atoms with Gasteiger partial charge in [-0.15, -0.1) is 23.5 Å². The molecule has 25 heavy (non-hydrogen) atoms. The first-order valence-corrected chi connectivity index (χ1v) is 9.93. The van der Waals surface area contributed by atoms with Gasteiger partial charge in [-0.1, -0.05) is 24.3 Å². The average molecular weight is 376 g/mol. The summed E-state index contributed by atoms with van der Waals surface area (Å²) < 4.78 is 0. The molecule has 0 fully saturated rings. The van der Waals surface area contributed by atoms with Gasteiger partial charge in [0.1, 0.15) is 5.25 Å². The van der Waals surface area contributed by atoms with Crippen LogP contribution in [-0.2, 0) is 11.3 Å². The van der Waals surface area contributed by atoms with Crippen molar-refractivity contribution in [2.24, 2.45) is 0 Å². The van der Waals surface area contributed by atoms with E-state index in [1.807, 2.05) is 25.3 Å². The van der Waals surface area contributed by atoms with Crippen molar-refractivity contribution in [3.05, 3.63) is 59.2 Å². The molecule has 0 bridgehead atoms. The minimum Gasteiger partial charge on any atom is -0.480 e. The summed E-state index contributed by atoms with van der Waals surface area (Å²) in [5, 5.41) is 11.4. The number of carbonyl (C=O) groups excluding carboxylic acids is 1. The van der Waals surface area contributed by atoms with Gasteiger partial charge in [0.15, 0.2) is 0 Å². The predicted molar refractivity (Wildman–Crippen MR) is 104 cm³/mol. The molecule has 0 saturated carbocycles. The molecule has 0 saturated heterocycles. The number of rotatable bonds is 7. The highest BCUT2D eigenvalue weighted by Crippen LogP contribution is 2.27. The molecule has 1 unspecified atom stereocenters. The van der Waals surface area contributed by atoms with Crippen LogP contribution in [0.2, 0.25) is 0 Å². The van der Waals surface area contributed by atoms with Gasteiger partial charge in [-0.3, -0.25) is 9.59 Å². The fourth-order valence-electron chi connectivity index (χ4n) is 2.27. The highest BCUT2D eigenvalue weighted by atomic mass is 32.2. The lowest BCUT2D eigenvalue weighted by atomic mass is 10.1. The minimum absolute atomic E-state index is 0.201. The summed E-state index contributed by atoms with van der Waals surface area (Å²) in [6, 6.07) is 13.2. The van der Waals surface area contributed by atoms with Crippen molar-refractivity contribution >= 4 is 35.4 Å². The monoisotopic (exact) mass is 375 g/mol. The molecule has 2 rings (SSSR count). The minimum atomic E-state index is -0.899. The molecule has 0 radical (unpaired) electrons. The second-order valence-electron chi connectivity index (χ2n) is 5.59. The van der Waals surface area contributed by atoms with E-state index in [1.54, 1.807) is 43.0 Å².